The molecule has 0 aliphatic heterocycles. The van der Waals surface area contributed by atoms with Crippen LogP contribution >= 0.6 is 0 Å². The van der Waals surface area contributed by atoms with Gasteiger partial charge in [0, 0.05) is 23.0 Å². The van der Waals surface area contributed by atoms with Crippen molar-refractivity contribution in [2.24, 2.45) is 0 Å². The summed E-state index contributed by atoms with van der Waals surface area (Å²) in [6, 6.07) is 10.4. The lowest BCUT2D eigenvalue weighted by Crippen LogP contribution is -2.32. The van der Waals surface area contributed by atoms with Gasteiger partial charge in [-0.05, 0) is 70.9 Å². The SMILES string of the molecule is C=CC(=O)N[C@H](CC)CCC.CC.CC(=O)c1ccc(C)nc1C.Cc1ccc(F)cc1. The quantitative estimate of drug-likeness (QED) is 0.388. The Kier molecular flexibility index (Phi) is 18.5. The fraction of sp³-hybridized carbons (Fsp3) is 0.444. The predicted molar refractivity (Wildman–Crippen MR) is 134 cm³/mol. The molecule has 0 unspecified atom stereocenters. The van der Waals surface area contributed by atoms with Gasteiger partial charge in [-0.2, -0.15) is 0 Å². The molecule has 1 N–H and O–H groups in total. The van der Waals surface area contributed by atoms with E-state index in [-0.39, 0.29) is 17.5 Å². The van der Waals surface area contributed by atoms with Crippen LogP contribution in [0.25, 0.3) is 0 Å². The first-order chi connectivity index (χ1) is 15.1. The van der Waals surface area contributed by atoms with Crippen LogP contribution in [0.15, 0.2) is 49.1 Å². The van der Waals surface area contributed by atoms with Crippen LogP contribution in [-0.4, -0.2) is 22.7 Å². The van der Waals surface area contributed by atoms with Crippen molar-refractivity contribution in [1.29, 1.82) is 0 Å². The van der Waals surface area contributed by atoms with Crippen molar-refractivity contribution in [1.82, 2.24) is 10.3 Å². The highest BCUT2D eigenvalue weighted by Crippen LogP contribution is 2.06. The molecule has 5 heteroatoms. The van der Waals surface area contributed by atoms with Gasteiger partial charge in [0.1, 0.15) is 5.82 Å². The number of amides is 1. The number of carbonyl (C=O) groups is 2. The van der Waals surface area contributed by atoms with Crippen LogP contribution in [0.4, 0.5) is 4.39 Å². The molecule has 1 heterocycles. The minimum absolute atomic E-state index is 0.0645. The van der Waals surface area contributed by atoms with Crippen molar-refractivity contribution < 1.29 is 14.0 Å². The maximum absolute atomic E-state index is 12.1. The van der Waals surface area contributed by atoms with Crippen molar-refractivity contribution in [3.8, 4) is 0 Å². The van der Waals surface area contributed by atoms with E-state index in [1.165, 1.54) is 18.2 Å². The van der Waals surface area contributed by atoms with E-state index < -0.39 is 0 Å². The summed E-state index contributed by atoms with van der Waals surface area (Å²) in [6.07, 6.45) is 4.47. The van der Waals surface area contributed by atoms with Gasteiger partial charge in [-0.1, -0.05) is 58.4 Å². The normalized spacial score (nSPS) is 10.0. The maximum atomic E-state index is 12.1. The average Bonchev–Trinajstić information content (AvgIpc) is 2.77. The second kappa shape index (κ2) is 18.9. The van der Waals surface area contributed by atoms with Gasteiger partial charge in [-0.15, -0.1) is 0 Å². The van der Waals surface area contributed by atoms with Crippen LogP contribution in [0.3, 0.4) is 0 Å². The Morgan fingerprint density at radius 2 is 1.62 bits per heavy atom. The third-order valence-electron chi connectivity index (χ3n) is 4.28. The molecule has 32 heavy (non-hydrogen) atoms. The first kappa shape index (κ1) is 31.4. The molecule has 0 radical (unpaired) electrons. The lowest BCUT2D eigenvalue weighted by Gasteiger charge is -2.13. The van der Waals surface area contributed by atoms with E-state index in [1.54, 1.807) is 19.1 Å². The van der Waals surface area contributed by atoms with Gasteiger partial charge in [0.2, 0.25) is 5.91 Å². The average molecular weight is 445 g/mol. The molecule has 0 spiro atoms. The Bertz CT molecular complexity index is 781. The number of benzene rings is 1. The van der Waals surface area contributed by atoms with Crippen LogP contribution in [-0.2, 0) is 4.79 Å². The molecule has 1 aromatic carbocycles. The van der Waals surface area contributed by atoms with E-state index in [1.807, 2.05) is 46.8 Å². The van der Waals surface area contributed by atoms with Crippen LogP contribution < -0.4 is 5.32 Å². The molecule has 0 aliphatic carbocycles. The predicted octanol–water partition coefficient (Wildman–Crippen LogP) is 6.93. The topological polar surface area (TPSA) is 59.1 Å². The highest BCUT2D eigenvalue weighted by molar-refractivity contribution is 5.95. The van der Waals surface area contributed by atoms with Crippen LogP contribution in [0.5, 0.6) is 0 Å². The molecule has 4 nitrogen and oxygen atoms in total. The van der Waals surface area contributed by atoms with Crippen LogP contribution in [0, 0.1) is 26.6 Å². The molecule has 1 atom stereocenters. The minimum atomic E-state index is -0.171. The summed E-state index contributed by atoms with van der Waals surface area (Å²) >= 11 is 0. The van der Waals surface area contributed by atoms with E-state index in [2.05, 4.69) is 30.7 Å². The number of halogens is 1. The first-order valence-corrected chi connectivity index (χ1v) is 11.2. The van der Waals surface area contributed by atoms with Crippen molar-refractivity contribution in [3.63, 3.8) is 0 Å². The van der Waals surface area contributed by atoms with E-state index in [9.17, 15) is 14.0 Å². The summed E-state index contributed by atoms with van der Waals surface area (Å²) in [4.78, 5) is 25.9. The summed E-state index contributed by atoms with van der Waals surface area (Å²) < 4.78 is 12.1. The Morgan fingerprint density at radius 3 is 2.00 bits per heavy atom. The monoisotopic (exact) mass is 444 g/mol. The minimum Gasteiger partial charge on any atom is -0.350 e. The summed E-state index contributed by atoms with van der Waals surface area (Å²) in [5.41, 5.74) is 3.58. The largest absolute Gasteiger partial charge is 0.350 e. The molecule has 0 fully saturated rings. The lowest BCUT2D eigenvalue weighted by atomic mass is 10.1. The Labute approximate surface area is 194 Å². The maximum Gasteiger partial charge on any atom is 0.243 e. The third kappa shape index (κ3) is 15.1. The Morgan fingerprint density at radius 1 is 1.06 bits per heavy atom. The molecule has 2 rings (SSSR count). The Hall–Kier alpha value is -2.82. The van der Waals surface area contributed by atoms with Gasteiger partial charge in [0.15, 0.2) is 5.78 Å². The summed E-state index contributed by atoms with van der Waals surface area (Å²) in [5.74, 6) is -0.157. The van der Waals surface area contributed by atoms with E-state index in [0.717, 1.165) is 41.8 Å². The molecule has 178 valence electrons. The number of carbonyl (C=O) groups excluding carboxylic acids is 2. The number of nitrogens with one attached hydrogen (secondary N) is 1. The number of hydrogen-bond acceptors (Lipinski definition) is 3. The van der Waals surface area contributed by atoms with Gasteiger partial charge < -0.3 is 5.32 Å². The highest BCUT2D eigenvalue weighted by Gasteiger charge is 2.05. The summed E-state index contributed by atoms with van der Waals surface area (Å²) in [5, 5.41) is 2.86. The second-order valence-corrected chi connectivity index (χ2v) is 7.04. The van der Waals surface area contributed by atoms with E-state index in [0.29, 0.717) is 6.04 Å². The van der Waals surface area contributed by atoms with Crippen LogP contribution in [0.1, 0.15) is 81.2 Å². The van der Waals surface area contributed by atoms with Gasteiger partial charge in [-0.3, -0.25) is 14.6 Å². The highest BCUT2D eigenvalue weighted by atomic mass is 19.1. The molecule has 0 bridgehead atoms. The van der Waals surface area contributed by atoms with Gasteiger partial charge in [0.05, 0.1) is 0 Å². The molecule has 1 aromatic heterocycles. The molecule has 0 saturated carbocycles. The molecular formula is C27H41FN2O2. The van der Waals surface area contributed by atoms with Gasteiger partial charge in [0.25, 0.3) is 0 Å². The molecular weight excluding hydrogens is 403 g/mol. The first-order valence-electron chi connectivity index (χ1n) is 11.2. The van der Waals surface area contributed by atoms with Crippen molar-refractivity contribution in [3.05, 3.63) is 77.4 Å². The second-order valence-electron chi connectivity index (χ2n) is 7.04. The van der Waals surface area contributed by atoms with Crippen molar-refractivity contribution >= 4 is 11.7 Å². The van der Waals surface area contributed by atoms with Gasteiger partial charge in [-0.25, -0.2) is 4.39 Å². The summed E-state index contributed by atoms with van der Waals surface area (Å²) in [7, 11) is 0. The zero-order chi connectivity index (χ0) is 25.1. The number of pyridine rings is 1. The van der Waals surface area contributed by atoms with Crippen LogP contribution in [0.2, 0.25) is 0 Å². The third-order valence-corrected chi connectivity index (χ3v) is 4.28. The molecule has 0 saturated heterocycles. The van der Waals surface area contributed by atoms with E-state index in [4.69, 9.17) is 0 Å². The number of Topliss-reactive ketones (excluding diaryl/α,β-unsaturated/α-hetero) is 1. The molecule has 2 aromatic rings. The fourth-order valence-corrected chi connectivity index (χ4v) is 2.58. The number of aromatic nitrogens is 1. The molecule has 1 amide bonds. The number of aryl methyl sites for hydroxylation is 3. The Balaban J connectivity index is 0. The number of nitrogens with zero attached hydrogens (tertiary/aromatic N) is 1. The van der Waals surface area contributed by atoms with Crippen molar-refractivity contribution in [2.45, 2.75) is 80.7 Å². The summed E-state index contributed by atoms with van der Waals surface area (Å²) in [6.45, 7) is 18.8. The van der Waals surface area contributed by atoms with Crippen molar-refractivity contribution in [2.75, 3.05) is 0 Å². The smallest absolute Gasteiger partial charge is 0.243 e. The van der Waals surface area contributed by atoms with Gasteiger partial charge >= 0.3 is 0 Å². The van der Waals surface area contributed by atoms with E-state index >= 15 is 0 Å². The number of ketones is 1. The lowest BCUT2D eigenvalue weighted by molar-refractivity contribution is -0.117. The number of hydrogen-bond donors (Lipinski definition) is 1. The number of rotatable bonds is 6. The standard InChI is InChI=1S/C9H11NO.C9H17NO.C7H7F.C2H6/c1-6-4-5-9(8(3)11)7(2)10-6;1-4-7-8(5-2)10-9(11)6-3;1-6-2-4-7(8)5-3-6;1-2/h4-5H,1-3H3;6,8H,3-5,7H2,1-2H3,(H,10,11);2-5H,1H3;1-2H3/t;8-;;/m.1../s1. The zero-order valence-electron chi connectivity index (χ0n) is 21.1. The molecule has 0 aliphatic rings. The fourth-order valence-electron chi connectivity index (χ4n) is 2.58. The zero-order valence-corrected chi connectivity index (χ0v) is 21.1.